The van der Waals surface area contributed by atoms with Crippen molar-refractivity contribution in [3.8, 4) is 0 Å². The molecule has 6 heteroatoms. The molecule has 0 N–H and O–H groups in total. The van der Waals surface area contributed by atoms with Gasteiger partial charge in [0.05, 0.1) is 0 Å². The normalized spacial score (nSPS) is 12.7. The summed E-state index contributed by atoms with van der Waals surface area (Å²) in [6, 6.07) is 0. The molecule has 6 nitrogen and oxygen atoms in total. The zero-order chi connectivity index (χ0) is 45.8. The van der Waals surface area contributed by atoms with Crippen molar-refractivity contribution in [1.29, 1.82) is 0 Å². The molecule has 1 unspecified atom stereocenters. The largest absolute Gasteiger partial charge is 0.462 e. The zero-order valence-corrected chi connectivity index (χ0v) is 41.1. The smallest absolute Gasteiger partial charge is 0.306 e. The van der Waals surface area contributed by atoms with E-state index in [9.17, 15) is 14.4 Å². The Morgan fingerprint density at radius 2 is 0.619 bits per heavy atom. The van der Waals surface area contributed by atoms with E-state index in [0.29, 0.717) is 19.3 Å². The SMILES string of the molecule is CC/C=C\C/C=C\C/C=C\C/C=C\C/C=C\C/C=C\CCCCCCC(=O)OCC(COC(=O)CCCCCCCCCC)OC(=O)CCCCCCC/C=C\CCCCCCC. The van der Waals surface area contributed by atoms with Gasteiger partial charge in [-0.1, -0.05) is 209 Å². The van der Waals surface area contributed by atoms with Gasteiger partial charge in [-0.25, -0.2) is 0 Å². The molecule has 0 aliphatic carbocycles. The Hall–Kier alpha value is -3.41. The van der Waals surface area contributed by atoms with Crippen LogP contribution >= 0.6 is 0 Å². The molecule has 360 valence electrons. The molecule has 0 aliphatic rings. The molecule has 1 atom stereocenters. The lowest BCUT2D eigenvalue weighted by Crippen LogP contribution is -2.30. The number of unbranched alkanes of at least 4 members (excludes halogenated alkanes) is 21. The van der Waals surface area contributed by atoms with Crippen LogP contribution in [0.15, 0.2) is 85.1 Å². The topological polar surface area (TPSA) is 78.9 Å². The van der Waals surface area contributed by atoms with E-state index >= 15 is 0 Å². The molecule has 63 heavy (non-hydrogen) atoms. The van der Waals surface area contributed by atoms with Gasteiger partial charge in [-0.2, -0.15) is 0 Å². The van der Waals surface area contributed by atoms with Gasteiger partial charge in [0.2, 0.25) is 0 Å². The number of allylic oxidation sites excluding steroid dienone is 14. The Kier molecular flexibility index (Phi) is 48.5. The van der Waals surface area contributed by atoms with Gasteiger partial charge in [0, 0.05) is 19.3 Å². The summed E-state index contributed by atoms with van der Waals surface area (Å²) >= 11 is 0. The van der Waals surface area contributed by atoms with Crippen molar-refractivity contribution in [3.63, 3.8) is 0 Å². The average Bonchev–Trinajstić information content (AvgIpc) is 3.28. The summed E-state index contributed by atoms with van der Waals surface area (Å²) in [6.45, 7) is 6.45. The molecular formula is C57H96O6. The highest BCUT2D eigenvalue weighted by atomic mass is 16.6. The fourth-order valence-electron chi connectivity index (χ4n) is 6.97. The first kappa shape index (κ1) is 59.6. The average molecular weight is 877 g/mol. The minimum absolute atomic E-state index is 0.0876. The zero-order valence-electron chi connectivity index (χ0n) is 41.1. The van der Waals surface area contributed by atoms with Crippen molar-refractivity contribution in [2.45, 2.75) is 245 Å². The second-order valence-corrected chi connectivity index (χ2v) is 17.1. The fourth-order valence-corrected chi connectivity index (χ4v) is 6.97. The van der Waals surface area contributed by atoms with E-state index in [2.05, 4.69) is 106 Å². The molecule has 0 amide bonds. The second kappa shape index (κ2) is 51.2. The van der Waals surface area contributed by atoms with Crippen molar-refractivity contribution in [1.82, 2.24) is 0 Å². The first-order valence-electron chi connectivity index (χ1n) is 26.1. The molecule has 0 bridgehead atoms. The fraction of sp³-hybridized carbons (Fsp3) is 0.702. The van der Waals surface area contributed by atoms with Gasteiger partial charge in [-0.15, -0.1) is 0 Å². The number of esters is 3. The number of carbonyl (C=O) groups excluding carboxylic acids is 3. The van der Waals surface area contributed by atoms with E-state index < -0.39 is 6.10 Å². The molecule has 0 aromatic rings. The number of hydrogen-bond acceptors (Lipinski definition) is 6. The van der Waals surface area contributed by atoms with Crippen LogP contribution in [0.1, 0.15) is 239 Å². The van der Waals surface area contributed by atoms with Crippen molar-refractivity contribution in [3.05, 3.63) is 85.1 Å². The van der Waals surface area contributed by atoms with Crippen LogP contribution in [0.4, 0.5) is 0 Å². The maximum absolute atomic E-state index is 12.8. The van der Waals surface area contributed by atoms with E-state index in [4.69, 9.17) is 14.2 Å². The van der Waals surface area contributed by atoms with E-state index in [1.54, 1.807) is 0 Å². The molecule has 0 aromatic heterocycles. The highest BCUT2D eigenvalue weighted by molar-refractivity contribution is 5.71. The van der Waals surface area contributed by atoms with E-state index in [1.807, 2.05) is 0 Å². The van der Waals surface area contributed by atoms with Crippen LogP contribution in [0.5, 0.6) is 0 Å². The van der Waals surface area contributed by atoms with Crippen molar-refractivity contribution in [2.75, 3.05) is 13.2 Å². The molecule has 0 aliphatic heterocycles. The van der Waals surface area contributed by atoms with E-state index in [-0.39, 0.29) is 31.1 Å². The highest BCUT2D eigenvalue weighted by Crippen LogP contribution is 2.13. The first-order valence-corrected chi connectivity index (χ1v) is 26.1. The lowest BCUT2D eigenvalue weighted by Gasteiger charge is -2.18. The molecular weight excluding hydrogens is 781 g/mol. The molecule has 0 rings (SSSR count). The summed E-state index contributed by atoms with van der Waals surface area (Å²) in [5.74, 6) is -0.928. The Morgan fingerprint density at radius 3 is 0.984 bits per heavy atom. The van der Waals surface area contributed by atoms with Crippen LogP contribution < -0.4 is 0 Å². The van der Waals surface area contributed by atoms with Gasteiger partial charge < -0.3 is 14.2 Å². The van der Waals surface area contributed by atoms with E-state index in [0.717, 1.165) is 122 Å². The second-order valence-electron chi connectivity index (χ2n) is 17.1. The maximum atomic E-state index is 12.8. The number of ether oxygens (including phenoxy) is 3. The molecule has 0 saturated heterocycles. The predicted octanol–water partition coefficient (Wildman–Crippen LogP) is 17.2. The number of hydrogen-bond donors (Lipinski definition) is 0. The summed E-state index contributed by atoms with van der Waals surface area (Å²) in [7, 11) is 0. The van der Waals surface area contributed by atoms with Crippen LogP contribution in [-0.4, -0.2) is 37.2 Å². The maximum Gasteiger partial charge on any atom is 0.306 e. The van der Waals surface area contributed by atoms with Crippen LogP contribution in [0, 0.1) is 0 Å². The van der Waals surface area contributed by atoms with Gasteiger partial charge in [0.1, 0.15) is 13.2 Å². The molecule has 0 aromatic carbocycles. The third kappa shape index (κ3) is 49.5. The van der Waals surface area contributed by atoms with Crippen LogP contribution in [0.2, 0.25) is 0 Å². The summed E-state index contributed by atoms with van der Waals surface area (Å²) in [6.07, 6.45) is 65.7. The molecule has 0 fully saturated rings. The van der Waals surface area contributed by atoms with E-state index in [1.165, 1.54) is 77.0 Å². The summed E-state index contributed by atoms with van der Waals surface area (Å²) in [4.78, 5) is 37.8. The number of carbonyl (C=O) groups is 3. The third-order valence-electron chi connectivity index (χ3n) is 10.9. The predicted molar refractivity (Wildman–Crippen MR) is 270 cm³/mol. The quantitative estimate of drug-likeness (QED) is 0.0262. The van der Waals surface area contributed by atoms with Gasteiger partial charge in [-0.05, 0) is 96.3 Å². The van der Waals surface area contributed by atoms with Crippen molar-refractivity contribution >= 4 is 17.9 Å². The number of rotatable bonds is 46. The highest BCUT2D eigenvalue weighted by Gasteiger charge is 2.19. The third-order valence-corrected chi connectivity index (χ3v) is 10.9. The Balaban J connectivity index is 4.33. The van der Waals surface area contributed by atoms with Gasteiger partial charge in [0.15, 0.2) is 6.10 Å². The Bertz CT molecular complexity index is 1240. The van der Waals surface area contributed by atoms with Gasteiger partial charge in [0.25, 0.3) is 0 Å². The monoisotopic (exact) mass is 877 g/mol. The molecule has 0 radical (unpaired) electrons. The summed E-state index contributed by atoms with van der Waals surface area (Å²) in [5.41, 5.74) is 0. The molecule has 0 saturated carbocycles. The lowest BCUT2D eigenvalue weighted by molar-refractivity contribution is -0.167. The van der Waals surface area contributed by atoms with Crippen LogP contribution in [0.25, 0.3) is 0 Å². The standard InChI is InChI=1S/C57H96O6/c1-4-7-10-13-16-19-21-23-25-26-27-28-29-30-31-32-33-35-36-38-41-44-47-50-56(59)62-53-54(52-61-55(58)49-46-43-40-18-15-12-9-6-3)63-57(60)51-48-45-42-39-37-34-24-22-20-17-14-11-8-5-2/h7,10,16,19,22-25,27-28,30-31,33,35,54H,4-6,8-9,11-15,17-18,20-21,26,29,32,34,36-53H2,1-3H3/b10-7-,19-16-,24-22-,25-23-,28-27-,31-30-,35-33-. The lowest BCUT2D eigenvalue weighted by atomic mass is 10.1. The minimum atomic E-state index is -0.788. The minimum Gasteiger partial charge on any atom is -0.462 e. The van der Waals surface area contributed by atoms with Crippen LogP contribution in [-0.2, 0) is 28.6 Å². The molecule has 0 heterocycles. The van der Waals surface area contributed by atoms with Gasteiger partial charge in [-0.3, -0.25) is 14.4 Å². The van der Waals surface area contributed by atoms with Crippen molar-refractivity contribution in [2.24, 2.45) is 0 Å². The van der Waals surface area contributed by atoms with Crippen LogP contribution in [0.3, 0.4) is 0 Å². The molecule has 0 spiro atoms. The Morgan fingerprint density at radius 1 is 0.333 bits per heavy atom. The van der Waals surface area contributed by atoms with Crippen molar-refractivity contribution < 1.29 is 28.6 Å². The first-order chi connectivity index (χ1) is 31.0. The van der Waals surface area contributed by atoms with Gasteiger partial charge >= 0.3 is 17.9 Å². The summed E-state index contributed by atoms with van der Waals surface area (Å²) < 4.78 is 16.7. The Labute approximate surface area is 388 Å². The summed E-state index contributed by atoms with van der Waals surface area (Å²) in [5, 5.41) is 0.